The summed E-state index contributed by atoms with van der Waals surface area (Å²) in [7, 11) is 1.35. The van der Waals surface area contributed by atoms with Crippen molar-refractivity contribution in [3.8, 4) is 0 Å². The first-order valence-corrected chi connectivity index (χ1v) is 6.33. The lowest BCUT2D eigenvalue weighted by Gasteiger charge is -2.16. The van der Waals surface area contributed by atoms with Gasteiger partial charge in [-0.3, -0.25) is 9.59 Å². The number of halogens is 1. The molecule has 2 rings (SSSR count). The first-order chi connectivity index (χ1) is 9.02. The molecule has 2 N–H and O–H groups in total. The summed E-state index contributed by atoms with van der Waals surface area (Å²) < 4.78 is 4.69. The Balaban J connectivity index is 2.09. The van der Waals surface area contributed by atoms with Gasteiger partial charge in [0.25, 0.3) is 5.91 Å². The fourth-order valence-electron chi connectivity index (χ4n) is 2.16. The molecule has 1 aliphatic rings. The van der Waals surface area contributed by atoms with Crippen LogP contribution in [0.1, 0.15) is 16.8 Å². The van der Waals surface area contributed by atoms with Crippen molar-refractivity contribution < 1.29 is 14.3 Å². The average molecular weight is 283 g/mol. The van der Waals surface area contributed by atoms with E-state index in [4.69, 9.17) is 17.3 Å². The first kappa shape index (κ1) is 13.7. The summed E-state index contributed by atoms with van der Waals surface area (Å²) in [6.07, 6.45) is 0.626. The molecule has 102 valence electrons. The summed E-state index contributed by atoms with van der Waals surface area (Å²) >= 11 is 5.82. The summed E-state index contributed by atoms with van der Waals surface area (Å²) in [5.41, 5.74) is 6.53. The SMILES string of the molecule is COC(=O)C1CCN(C(=O)c2ccc(Cl)c(N)c2)C1. The van der Waals surface area contributed by atoms with E-state index in [1.165, 1.54) is 7.11 Å². The molecule has 0 saturated carbocycles. The van der Waals surface area contributed by atoms with Crippen molar-refractivity contribution >= 4 is 29.2 Å². The zero-order chi connectivity index (χ0) is 14.0. The molecule has 1 unspecified atom stereocenters. The second-order valence-corrected chi connectivity index (χ2v) is 4.90. The number of rotatable bonds is 2. The minimum absolute atomic E-state index is 0.144. The number of amides is 1. The van der Waals surface area contributed by atoms with Gasteiger partial charge in [-0.05, 0) is 24.6 Å². The zero-order valence-electron chi connectivity index (χ0n) is 10.6. The minimum Gasteiger partial charge on any atom is -0.469 e. The van der Waals surface area contributed by atoms with Gasteiger partial charge in [0, 0.05) is 18.7 Å². The number of likely N-dealkylation sites (tertiary alicyclic amines) is 1. The van der Waals surface area contributed by atoms with Crippen LogP contribution < -0.4 is 5.73 Å². The van der Waals surface area contributed by atoms with Crippen molar-refractivity contribution in [3.05, 3.63) is 28.8 Å². The van der Waals surface area contributed by atoms with E-state index in [-0.39, 0.29) is 17.8 Å². The smallest absolute Gasteiger partial charge is 0.310 e. The van der Waals surface area contributed by atoms with Crippen molar-refractivity contribution in [2.75, 3.05) is 25.9 Å². The van der Waals surface area contributed by atoms with Crippen molar-refractivity contribution in [1.29, 1.82) is 0 Å². The highest BCUT2D eigenvalue weighted by Gasteiger charge is 2.32. The molecule has 6 heteroatoms. The zero-order valence-corrected chi connectivity index (χ0v) is 11.3. The van der Waals surface area contributed by atoms with Gasteiger partial charge in [-0.2, -0.15) is 0 Å². The number of nitrogens with zero attached hydrogens (tertiary/aromatic N) is 1. The largest absolute Gasteiger partial charge is 0.469 e. The predicted molar refractivity (Wildman–Crippen MR) is 71.9 cm³/mol. The molecular weight excluding hydrogens is 268 g/mol. The van der Waals surface area contributed by atoms with E-state index in [9.17, 15) is 9.59 Å². The number of carbonyl (C=O) groups is 2. The van der Waals surface area contributed by atoms with Crippen LogP contribution in [0, 0.1) is 5.92 Å². The van der Waals surface area contributed by atoms with E-state index in [1.54, 1.807) is 23.1 Å². The van der Waals surface area contributed by atoms with Crippen LogP contribution in [-0.4, -0.2) is 37.0 Å². The fourth-order valence-corrected chi connectivity index (χ4v) is 2.28. The molecular formula is C13H15ClN2O3. The van der Waals surface area contributed by atoms with Crippen LogP contribution in [-0.2, 0) is 9.53 Å². The number of ether oxygens (including phenoxy) is 1. The van der Waals surface area contributed by atoms with Crippen LogP contribution in [0.4, 0.5) is 5.69 Å². The van der Waals surface area contributed by atoms with Crippen LogP contribution in [0.15, 0.2) is 18.2 Å². The van der Waals surface area contributed by atoms with Gasteiger partial charge in [0.2, 0.25) is 0 Å². The quantitative estimate of drug-likeness (QED) is 0.660. The van der Waals surface area contributed by atoms with Gasteiger partial charge in [0.15, 0.2) is 0 Å². The topological polar surface area (TPSA) is 72.6 Å². The van der Waals surface area contributed by atoms with E-state index in [0.29, 0.717) is 35.8 Å². The number of nitrogens with two attached hydrogens (primary N) is 1. The Hall–Kier alpha value is -1.75. The Morgan fingerprint density at radius 2 is 2.21 bits per heavy atom. The molecule has 0 aromatic heterocycles. The van der Waals surface area contributed by atoms with E-state index in [2.05, 4.69) is 4.74 Å². The highest BCUT2D eigenvalue weighted by Crippen LogP contribution is 2.23. The maximum atomic E-state index is 12.2. The van der Waals surface area contributed by atoms with Crippen molar-refractivity contribution in [3.63, 3.8) is 0 Å². The third-order valence-electron chi connectivity index (χ3n) is 3.25. The van der Waals surface area contributed by atoms with Crippen LogP contribution in [0.5, 0.6) is 0 Å². The molecule has 1 fully saturated rings. The Morgan fingerprint density at radius 1 is 1.47 bits per heavy atom. The van der Waals surface area contributed by atoms with Gasteiger partial charge in [-0.1, -0.05) is 11.6 Å². The molecule has 1 saturated heterocycles. The lowest BCUT2D eigenvalue weighted by molar-refractivity contribution is -0.144. The molecule has 0 spiro atoms. The van der Waals surface area contributed by atoms with E-state index in [1.807, 2.05) is 0 Å². The standard InChI is InChI=1S/C13H15ClN2O3/c1-19-13(18)9-4-5-16(7-9)12(17)8-2-3-10(14)11(15)6-8/h2-3,6,9H,4-5,7,15H2,1H3. The summed E-state index contributed by atoms with van der Waals surface area (Å²) in [4.78, 5) is 25.3. The Bertz CT molecular complexity index is 519. The fraction of sp³-hybridized carbons (Fsp3) is 0.385. The van der Waals surface area contributed by atoms with Gasteiger partial charge in [-0.25, -0.2) is 0 Å². The van der Waals surface area contributed by atoms with Gasteiger partial charge >= 0.3 is 5.97 Å². The van der Waals surface area contributed by atoms with Crippen LogP contribution >= 0.6 is 11.6 Å². The molecule has 0 aliphatic carbocycles. The van der Waals surface area contributed by atoms with E-state index >= 15 is 0 Å². The molecule has 1 heterocycles. The normalized spacial score (nSPS) is 18.4. The highest BCUT2D eigenvalue weighted by molar-refractivity contribution is 6.33. The maximum Gasteiger partial charge on any atom is 0.310 e. The Kier molecular flexibility index (Phi) is 3.95. The van der Waals surface area contributed by atoms with Gasteiger partial charge < -0.3 is 15.4 Å². The molecule has 0 radical (unpaired) electrons. The van der Waals surface area contributed by atoms with E-state index < -0.39 is 0 Å². The lowest BCUT2D eigenvalue weighted by atomic mass is 10.1. The summed E-state index contributed by atoms with van der Waals surface area (Å²) in [6, 6.07) is 4.78. The van der Waals surface area contributed by atoms with Crippen LogP contribution in [0.25, 0.3) is 0 Å². The summed E-state index contributed by atoms with van der Waals surface area (Å²) in [5.74, 6) is -0.653. The first-order valence-electron chi connectivity index (χ1n) is 5.95. The number of benzene rings is 1. The molecule has 1 aromatic rings. The number of hydrogen-bond acceptors (Lipinski definition) is 4. The van der Waals surface area contributed by atoms with Gasteiger partial charge in [0.1, 0.15) is 0 Å². The molecule has 1 amide bonds. The predicted octanol–water partition coefficient (Wildman–Crippen LogP) is 1.56. The minimum atomic E-state index is -0.272. The number of methoxy groups -OCH3 is 1. The number of anilines is 1. The molecule has 1 aromatic carbocycles. The number of hydrogen-bond donors (Lipinski definition) is 1. The Labute approximate surface area is 116 Å². The molecule has 5 nitrogen and oxygen atoms in total. The van der Waals surface area contributed by atoms with Crippen molar-refractivity contribution in [2.24, 2.45) is 5.92 Å². The van der Waals surface area contributed by atoms with Crippen LogP contribution in [0.2, 0.25) is 5.02 Å². The summed E-state index contributed by atoms with van der Waals surface area (Å²) in [6.45, 7) is 0.926. The average Bonchev–Trinajstić information content (AvgIpc) is 2.89. The maximum absolute atomic E-state index is 12.2. The highest BCUT2D eigenvalue weighted by atomic mass is 35.5. The molecule has 19 heavy (non-hydrogen) atoms. The lowest BCUT2D eigenvalue weighted by Crippen LogP contribution is -2.30. The molecule has 1 atom stereocenters. The van der Waals surface area contributed by atoms with Crippen molar-refractivity contribution in [1.82, 2.24) is 4.90 Å². The second-order valence-electron chi connectivity index (χ2n) is 4.50. The summed E-state index contributed by atoms with van der Waals surface area (Å²) in [5, 5.41) is 0.422. The molecule has 1 aliphatic heterocycles. The van der Waals surface area contributed by atoms with Crippen molar-refractivity contribution in [2.45, 2.75) is 6.42 Å². The monoisotopic (exact) mass is 282 g/mol. The third kappa shape index (κ3) is 2.81. The Morgan fingerprint density at radius 3 is 2.84 bits per heavy atom. The molecule has 0 bridgehead atoms. The number of nitrogen functional groups attached to an aromatic ring is 1. The van der Waals surface area contributed by atoms with Gasteiger partial charge in [0.05, 0.1) is 23.7 Å². The van der Waals surface area contributed by atoms with Crippen LogP contribution in [0.3, 0.4) is 0 Å². The third-order valence-corrected chi connectivity index (χ3v) is 3.60. The number of esters is 1. The van der Waals surface area contributed by atoms with E-state index in [0.717, 1.165) is 0 Å². The van der Waals surface area contributed by atoms with Gasteiger partial charge in [-0.15, -0.1) is 0 Å². The second kappa shape index (κ2) is 5.48. The number of carbonyl (C=O) groups excluding carboxylic acids is 2.